The van der Waals surface area contributed by atoms with E-state index in [1.54, 1.807) is 6.07 Å². The maximum absolute atomic E-state index is 14.0. The van der Waals surface area contributed by atoms with Crippen molar-refractivity contribution in [3.05, 3.63) is 34.1 Å². The van der Waals surface area contributed by atoms with Crippen molar-refractivity contribution in [2.24, 2.45) is 5.41 Å². The standard InChI is InChI=1S/C16H23BrFN/c1-3-19-15(16(2)8-4-5-9-16)10-12-6-7-13(17)11-14(12)18/h6-7,11,15,19H,3-5,8-10H2,1-2H3. The van der Waals surface area contributed by atoms with Gasteiger partial charge in [-0.25, -0.2) is 4.39 Å². The lowest BCUT2D eigenvalue weighted by molar-refractivity contribution is 0.220. The molecule has 0 aliphatic heterocycles. The molecule has 0 aromatic heterocycles. The van der Waals surface area contributed by atoms with Gasteiger partial charge in [0, 0.05) is 10.5 Å². The Morgan fingerprint density at radius 3 is 2.63 bits per heavy atom. The number of hydrogen-bond acceptors (Lipinski definition) is 1. The van der Waals surface area contributed by atoms with Gasteiger partial charge in [-0.1, -0.05) is 48.7 Å². The molecule has 1 aromatic carbocycles. The van der Waals surface area contributed by atoms with Gasteiger partial charge in [-0.15, -0.1) is 0 Å². The van der Waals surface area contributed by atoms with Gasteiger partial charge in [0.05, 0.1) is 0 Å². The predicted molar refractivity (Wildman–Crippen MR) is 81.8 cm³/mol. The summed E-state index contributed by atoms with van der Waals surface area (Å²) < 4.78 is 14.8. The molecule has 1 N–H and O–H groups in total. The van der Waals surface area contributed by atoms with E-state index in [1.165, 1.54) is 25.7 Å². The fourth-order valence-electron chi connectivity index (χ4n) is 3.25. The fourth-order valence-corrected chi connectivity index (χ4v) is 3.58. The number of rotatable bonds is 5. The summed E-state index contributed by atoms with van der Waals surface area (Å²) in [6.07, 6.45) is 5.90. The average molecular weight is 328 g/mol. The van der Waals surface area contributed by atoms with Crippen LogP contribution in [0.1, 0.15) is 45.1 Å². The van der Waals surface area contributed by atoms with Crippen molar-refractivity contribution in [1.29, 1.82) is 0 Å². The van der Waals surface area contributed by atoms with Crippen LogP contribution in [0.2, 0.25) is 0 Å². The van der Waals surface area contributed by atoms with E-state index in [9.17, 15) is 4.39 Å². The summed E-state index contributed by atoms with van der Waals surface area (Å²) in [6.45, 7) is 5.42. The van der Waals surface area contributed by atoms with E-state index in [4.69, 9.17) is 0 Å². The quantitative estimate of drug-likeness (QED) is 0.827. The maximum Gasteiger partial charge on any atom is 0.127 e. The van der Waals surface area contributed by atoms with Crippen molar-refractivity contribution in [1.82, 2.24) is 5.32 Å². The minimum atomic E-state index is -0.0983. The third-order valence-corrected chi connectivity index (χ3v) is 4.97. The lowest BCUT2D eigenvalue weighted by atomic mass is 9.77. The van der Waals surface area contributed by atoms with Crippen LogP contribution in [0.15, 0.2) is 22.7 Å². The molecule has 3 heteroatoms. The zero-order valence-electron chi connectivity index (χ0n) is 11.8. The van der Waals surface area contributed by atoms with Crippen LogP contribution in [-0.4, -0.2) is 12.6 Å². The highest BCUT2D eigenvalue weighted by Gasteiger charge is 2.36. The second kappa shape index (κ2) is 6.36. The molecule has 2 rings (SSSR count). The SMILES string of the molecule is CCNC(Cc1ccc(Br)cc1F)C1(C)CCCC1. The van der Waals surface area contributed by atoms with Crippen LogP contribution in [0, 0.1) is 11.2 Å². The topological polar surface area (TPSA) is 12.0 Å². The molecule has 1 aromatic rings. The molecule has 1 nitrogen and oxygen atoms in total. The fraction of sp³-hybridized carbons (Fsp3) is 0.625. The number of benzene rings is 1. The Bertz CT molecular complexity index is 427. The van der Waals surface area contributed by atoms with E-state index in [-0.39, 0.29) is 5.82 Å². The summed E-state index contributed by atoms with van der Waals surface area (Å²) in [6, 6.07) is 5.77. The molecule has 1 saturated carbocycles. The van der Waals surface area contributed by atoms with E-state index in [2.05, 4.69) is 35.1 Å². The van der Waals surface area contributed by atoms with Crippen molar-refractivity contribution >= 4 is 15.9 Å². The van der Waals surface area contributed by atoms with Gasteiger partial charge in [0.2, 0.25) is 0 Å². The Kier molecular flexibility index (Phi) is 5.02. The van der Waals surface area contributed by atoms with Crippen LogP contribution < -0.4 is 5.32 Å². The van der Waals surface area contributed by atoms with E-state index >= 15 is 0 Å². The lowest BCUT2D eigenvalue weighted by Gasteiger charge is -2.35. The molecule has 0 heterocycles. The van der Waals surface area contributed by atoms with Gasteiger partial charge in [0.25, 0.3) is 0 Å². The second-order valence-electron chi connectivity index (χ2n) is 5.91. The van der Waals surface area contributed by atoms with Crippen LogP contribution in [0.4, 0.5) is 4.39 Å². The number of nitrogens with one attached hydrogen (secondary N) is 1. The third-order valence-electron chi connectivity index (χ3n) is 4.48. The van der Waals surface area contributed by atoms with Gasteiger partial charge in [-0.2, -0.15) is 0 Å². The summed E-state index contributed by atoms with van der Waals surface area (Å²) in [5, 5.41) is 3.58. The van der Waals surface area contributed by atoms with Gasteiger partial charge < -0.3 is 5.32 Å². The minimum Gasteiger partial charge on any atom is -0.313 e. The van der Waals surface area contributed by atoms with E-state index in [0.29, 0.717) is 11.5 Å². The largest absolute Gasteiger partial charge is 0.313 e. The molecule has 0 radical (unpaired) electrons. The Labute approximate surface area is 124 Å². The average Bonchev–Trinajstić information content (AvgIpc) is 2.80. The second-order valence-corrected chi connectivity index (χ2v) is 6.83. The van der Waals surface area contributed by atoms with Crippen molar-refractivity contribution in [3.63, 3.8) is 0 Å². The molecule has 1 aliphatic rings. The zero-order valence-corrected chi connectivity index (χ0v) is 13.4. The molecule has 1 unspecified atom stereocenters. The van der Waals surface area contributed by atoms with E-state index in [1.807, 2.05) is 12.1 Å². The van der Waals surface area contributed by atoms with E-state index in [0.717, 1.165) is 23.0 Å². The van der Waals surface area contributed by atoms with Crippen LogP contribution in [0.3, 0.4) is 0 Å². The van der Waals surface area contributed by atoms with Crippen molar-refractivity contribution in [3.8, 4) is 0 Å². The molecule has 0 spiro atoms. The molecule has 106 valence electrons. The number of halogens is 2. The van der Waals surface area contributed by atoms with Crippen LogP contribution in [0.25, 0.3) is 0 Å². The third kappa shape index (κ3) is 3.57. The first kappa shape index (κ1) is 15.0. The monoisotopic (exact) mass is 327 g/mol. The molecule has 1 aliphatic carbocycles. The van der Waals surface area contributed by atoms with E-state index < -0.39 is 0 Å². The number of likely N-dealkylation sites (N-methyl/N-ethyl adjacent to an activating group) is 1. The molecule has 1 fully saturated rings. The zero-order chi connectivity index (χ0) is 13.9. The molecular weight excluding hydrogens is 305 g/mol. The highest BCUT2D eigenvalue weighted by atomic mass is 79.9. The normalized spacial score (nSPS) is 19.6. The first-order valence-electron chi connectivity index (χ1n) is 7.22. The molecule has 0 bridgehead atoms. The summed E-state index contributed by atoms with van der Waals surface area (Å²) in [5.74, 6) is -0.0983. The summed E-state index contributed by atoms with van der Waals surface area (Å²) in [5.41, 5.74) is 1.14. The molecular formula is C16H23BrFN. The smallest absolute Gasteiger partial charge is 0.127 e. The first-order chi connectivity index (χ1) is 9.05. The number of hydrogen-bond donors (Lipinski definition) is 1. The highest BCUT2D eigenvalue weighted by molar-refractivity contribution is 9.10. The Hall–Kier alpha value is -0.410. The van der Waals surface area contributed by atoms with Gasteiger partial charge in [0.15, 0.2) is 0 Å². The lowest BCUT2D eigenvalue weighted by Crippen LogP contribution is -2.43. The van der Waals surface area contributed by atoms with Crippen molar-refractivity contribution in [2.75, 3.05) is 6.54 Å². The molecule has 0 amide bonds. The first-order valence-corrected chi connectivity index (χ1v) is 8.02. The Balaban J connectivity index is 2.16. The Morgan fingerprint density at radius 2 is 2.05 bits per heavy atom. The predicted octanol–water partition coefficient (Wildman–Crippen LogP) is 4.69. The molecule has 0 saturated heterocycles. The minimum absolute atomic E-state index is 0.0983. The molecule has 1 atom stereocenters. The summed E-state index contributed by atoms with van der Waals surface area (Å²) in [4.78, 5) is 0. The highest BCUT2D eigenvalue weighted by Crippen LogP contribution is 2.41. The Morgan fingerprint density at radius 1 is 1.37 bits per heavy atom. The van der Waals surface area contributed by atoms with Crippen LogP contribution in [-0.2, 0) is 6.42 Å². The van der Waals surface area contributed by atoms with Crippen molar-refractivity contribution in [2.45, 2.75) is 52.0 Å². The molecule has 19 heavy (non-hydrogen) atoms. The van der Waals surface area contributed by atoms with Crippen LogP contribution >= 0.6 is 15.9 Å². The summed E-state index contributed by atoms with van der Waals surface area (Å²) >= 11 is 3.31. The maximum atomic E-state index is 14.0. The van der Waals surface area contributed by atoms with Gasteiger partial charge in [0.1, 0.15) is 5.82 Å². The van der Waals surface area contributed by atoms with Crippen LogP contribution in [0.5, 0.6) is 0 Å². The van der Waals surface area contributed by atoms with Gasteiger partial charge in [-0.3, -0.25) is 0 Å². The van der Waals surface area contributed by atoms with Gasteiger partial charge in [-0.05, 0) is 48.9 Å². The summed E-state index contributed by atoms with van der Waals surface area (Å²) in [7, 11) is 0. The van der Waals surface area contributed by atoms with Gasteiger partial charge >= 0.3 is 0 Å². The van der Waals surface area contributed by atoms with Crippen molar-refractivity contribution < 1.29 is 4.39 Å².